The molecule has 0 saturated carbocycles. The number of nitrogens with zero attached hydrogens (tertiary/aromatic N) is 1. The largest absolute Gasteiger partial charge is 0.338 e. The van der Waals surface area contributed by atoms with Gasteiger partial charge in [-0.25, -0.2) is 4.79 Å². The summed E-state index contributed by atoms with van der Waals surface area (Å²) >= 11 is 0. The molecule has 1 aromatic carbocycles. The Balaban J connectivity index is 1.73. The first-order valence-corrected chi connectivity index (χ1v) is 8.35. The van der Waals surface area contributed by atoms with E-state index in [1.54, 1.807) is 0 Å². The summed E-state index contributed by atoms with van der Waals surface area (Å²) in [4.78, 5) is 38.5. The molecule has 1 aliphatic heterocycles. The number of carbonyl (C=O) groups excluding carboxylic acids is 3. The second-order valence-corrected chi connectivity index (χ2v) is 5.89. The molecule has 0 aliphatic carbocycles. The zero-order valence-corrected chi connectivity index (χ0v) is 14.0. The first kappa shape index (κ1) is 17.9. The van der Waals surface area contributed by atoms with Crippen molar-refractivity contribution >= 4 is 17.8 Å². The molecule has 1 aromatic rings. The van der Waals surface area contributed by atoms with E-state index in [4.69, 9.17) is 0 Å². The molecule has 3 N–H and O–H groups in total. The van der Waals surface area contributed by atoms with Crippen molar-refractivity contribution in [2.75, 3.05) is 39.3 Å². The first-order valence-electron chi connectivity index (χ1n) is 8.35. The number of imide groups is 1. The fourth-order valence-corrected chi connectivity index (χ4v) is 2.65. The lowest BCUT2D eigenvalue weighted by molar-refractivity contribution is -0.895. The Hall–Kier alpha value is -2.41. The van der Waals surface area contributed by atoms with Crippen molar-refractivity contribution in [3.63, 3.8) is 0 Å². The highest BCUT2D eigenvalue weighted by atomic mass is 16.2. The first-order chi connectivity index (χ1) is 11.6. The van der Waals surface area contributed by atoms with Gasteiger partial charge in [0.05, 0.1) is 26.2 Å². The maximum Gasteiger partial charge on any atom is 0.321 e. The molecule has 130 valence electrons. The van der Waals surface area contributed by atoms with Crippen molar-refractivity contribution in [1.82, 2.24) is 15.5 Å². The molecule has 4 amide bonds. The van der Waals surface area contributed by atoms with Crippen LogP contribution in [0.5, 0.6) is 0 Å². The quantitative estimate of drug-likeness (QED) is 0.664. The minimum absolute atomic E-state index is 0.0260. The molecule has 7 heteroatoms. The van der Waals surface area contributed by atoms with Gasteiger partial charge in [-0.2, -0.15) is 0 Å². The van der Waals surface area contributed by atoms with E-state index >= 15 is 0 Å². The molecule has 24 heavy (non-hydrogen) atoms. The van der Waals surface area contributed by atoms with Crippen LogP contribution in [0.2, 0.25) is 0 Å². The Labute approximate surface area is 142 Å². The van der Waals surface area contributed by atoms with Crippen LogP contribution in [0.15, 0.2) is 30.3 Å². The number of piperazine rings is 1. The number of hydrogen-bond acceptors (Lipinski definition) is 3. The maximum atomic E-state index is 12.4. The number of urea groups is 1. The summed E-state index contributed by atoms with van der Waals surface area (Å²) < 4.78 is 0. The second-order valence-electron chi connectivity index (χ2n) is 5.89. The van der Waals surface area contributed by atoms with Crippen LogP contribution in [0, 0.1) is 0 Å². The van der Waals surface area contributed by atoms with Gasteiger partial charge in [0.2, 0.25) is 0 Å². The van der Waals surface area contributed by atoms with Crippen molar-refractivity contribution in [1.29, 1.82) is 0 Å². The predicted octanol–water partition coefficient (Wildman–Crippen LogP) is -0.737. The van der Waals surface area contributed by atoms with Crippen LogP contribution in [0.1, 0.15) is 23.7 Å². The number of amides is 4. The van der Waals surface area contributed by atoms with Crippen LogP contribution in [-0.2, 0) is 4.79 Å². The molecule has 1 aliphatic rings. The maximum absolute atomic E-state index is 12.4. The fourth-order valence-electron chi connectivity index (χ4n) is 2.65. The molecule has 0 bridgehead atoms. The van der Waals surface area contributed by atoms with Gasteiger partial charge in [-0.3, -0.25) is 14.9 Å². The molecule has 1 saturated heterocycles. The van der Waals surface area contributed by atoms with Crippen LogP contribution in [0.4, 0.5) is 4.79 Å². The van der Waals surface area contributed by atoms with Gasteiger partial charge < -0.3 is 15.1 Å². The molecule has 0 radical (unpaired) electrons. The summed E-state index contributed by atoms with van der Waals surface area (Å²) in [5.41, 5.74) is 0.686. The summed E-state index contributed by atoms with van der Waals surface area (Å²) in [7, 11) is 0. The van der Waals surface area contributed by atoms with Crippen LogP contribution in [0.25, 0.3) is 0 Å². The van der Waals surface area contributed by atoms with Gasteiger partial charge in [-0.15, -0.1) is 0 Å². The summed E-state index contributed by atoms with van der Waals surface area (Å²) in [5, 5.41) is 4.94. The molecule has 1 heterocycles. The molecule has 2 rings (SSSR count). The number of carbonyl (C=O) groups is 3. The number of benzene rings is 1. The average molecular weight is 333 g/mol. The Morgan fingerprint density at radius 1 is 1.12 bits per heavy atom. The lowest BCUT2D eigenvalue weighted by Gasteiger charge is -2.31. The third-order valence-electron chi connectivity index (χ3n) is 3.98. The molecule has 0 unspecified atom stereocenters. The lowest BCUT2D eigenvalue weighted by Crippen LogP contribution is -3.15. The Bertz CT molecular complexity index is 568. The van der Waals surface area contributed by atoms with E-state index in [1.807, 2.05) is 42.2 Å². The smallest absolute Gasteiger partial charge is 0.321 e. The predicted molar refractivity (Wildman–Crippen MR) is 89.7 cm³/mol. The molecular formula is C17H25N4O3+. The van der Waals surface area contributed by atoms with Gasteiger partial charge >= 0.3 is 6.03 Å². The van der Waals surface area contributed by atoms with Gasteiger partial charge in [-0.1, -0.05) is 25.1 Å². The molecule has 0 atom stereocenters. The average Bonchev–Trinajstić information content (AvgIpc) is 2.60. The van der Waals surface area contributed by atoms with Crippen molar-refractivity contribution < 1.29 is 19.3 Å². The third kappa shape index (κ3) is 5.34. The van der Waals surface area contributed by atoms with Crippen LogP contribution in [-0.4, -0.2) is 62.0 Å². The van der Waals surface area contributed by atoms with E-state index in [9.17, 15) is 14.4 Å². The Morgan fingerprint density at radius 3 is 2.42 bits per heavy atom. The fraction of sp³-hybridized carbons (Fsp3) is 0.471. The molecule has 0 aromatic heterocycles. The third-order valence-corrected chi connectivity index (χ3v) is 3.98. The van der Waals surface area contributed by atoms with E-state index in [1.165, 1.54) is 0 Å². The molecular weight excluding hydrogens is 308 g/mol. The van der Waals surface area contributed by atoms with Crippen molar-refractivity contribution in [2.45, 2.75) is 13.3 Å². The van der Waals surface area contributed by atoms with E-state index < -0.39 is 6.03 Å². The highest BCUT2D eigenvalue weighted by Gasteiger charge is 2.26. The Kier molecular flexibility index (Phi) is 6.74. The zero-order valence-electron chi connectivity index (χ0n) is 14.0. The van der Waals surface area contributed by atoms with E-state index in [-0.39, 0.29) is 18.4 Å². The zero-order chi connectivity index (χ0) is 17.4. The van der Waals surface area contributed by atoms with Gasteiger partial charge in [-0.05, 0) is 18.6 Å². The normalized spacial score (nSPS) is 15.0. The van der Waals surface area contributed by atoms with E-state index in [0.717, 1.165) is 11.3 Å². The number of quaternary nitrogens is 1. The standard InChI is InChI=1S/C17H24N4O3/c1-2-8-18-17(24)19-15(22)13-20-9-11-21(12-10-20)16(23)14-6-4-3-5-7-14/h3-7H,2,8-13H2,1H3,(H2,18,19,22,24)/p+1. The van der Waals surface area contributed by atoms with E-state index in [2.05, 4.69) is 10.6 Å². The molecule has 7 nitrogen and oxygen atoms in total. The van der Waals surface area contributed by atoms with Crippen molar-refractivity contribution in [3.8, 4) is 0 Å². The minimum Gasteiger partial charge on any atom is -0.338 e. The summed E-state index contributed by atoms with van der Waals surface area (Å²) in [5.74, 6) is -0.264. The van der Waals surface area contributed by atoms with Crippen molar-refractivity contribution in [2.24, 2.45) is 0 Å². The van der Waals surface area contributed by atoms with Crippen molar-refractivity contribution in [3.05, 3.63) is 35.9 Å². The number of nitrogens with one attached hydrogen (secondary N) is 3. The minimum atomic E-state index is -0.445. The highest BCUT2D eigenvalue weighted by molar-refractivity contribution is 5.95. The monoisotopic (exact) mass is 333 g/mol. The topological polar surface area (TPSA) is 82.9 Å². The van der Waals surface area contributed by atoms with Gasteiger partial charge in [0, 0.05) is 12.1 Å². The van der Waals surface area contributed by atoms with Crippen LogP contribution in [0.3, 0.4) is 0 Å². The molecule has 0 spiro atoms. The van der Waals surface area contributed by atoms with Gasteiger partial charge in [0.1, 0.15) is 0 Å². The highest BCUT2D eigenvalue weighted by Crippen LogP contribution is 2.04. The number of rotatable bonds is 5. The molecule has 1 fully saturated rings. The van der Waals surface area contributed by atoms with Gasteiger partial charge in [0.25, 0.3) is 11.8 Å². The van der Waals surface area contributed by atoms with Gasteiger partial charge in [0.15, 0.2) is 6.54 Å². The second kappa shape index (κ2) is 9.02. The van der Waals surface area contributed by atoms with Crippen LogP contribution < -0.4 is 15.5 Å². The lowest BCUT2D eigenvalue weighted by atomic mass is 10.2. The summed E-state index contributed by atoms with van der Waals surface area (Å²) in [6, 6.07) is 8.76. The number of hydrogen-bond donors (Lipinski definition) is 3. The summed E-state index contributed by atoms with van der Waals surface area (Å²) in [6.45, 7) is 5.35. The van der Waals surface area contributed by atoms with E-state index in [0.29, 0.717) is 38.3 Å². The SMILES string of the molecule is CCCNC(=O)NC(=O)C[NH+]1CCN(C(=O)c2ccccc2)CC1. The Morgan fingerprint density at radius 2 is 1.79 bits per heavy atom. The van der Waals surface area contributed by atoms with Crippen LogP contribution >= 0.6 is 0 Å². The summed E-state index contributed by atoms with van der Waals surface area (Å²) in [6.07, 6.45) is 0.824.